The number of benzene rings is 1. The van der Waals surface area contributed by atoms with E-state index >= 15 is 0 Å². The van der Waals surface area contributed by atoms with Crippen molar-refractivity contribution in [1.29, 1.82) is 0 Å². The summed E-state index contributed by atoms with van der Waals surface area (Å²) >= 11 is 1.47. The molecule has 2 aliphatic rings. The molecule has 2 aliphatic heterocycles. The van der Waals surface area contributed by atoms with Gasteiger partial charge in [-0.3, -0.25) is 4.79 Å². The van der Waals surface area contributed by atoms with Gasteiger partial charge in [-0.15, -0.1) is 0 Å². The molecular formula is C23H29N3O4S. The van der Waals surface area contributed by atoms with E-state index in [4.69, 9.17) is 9.47 Å². The number of fused-ring (bicyclic) bond motifs is 1. The number of carbonyl (C=O) groups excluding carboxylic acids is 2. The van der Waals surface area contributed by atoms with Crippen molar-refractivity contribution in [2.24, 2.45) is 4.99 Å². The number of aliphatic imine (C=N–C) groups is 1. The molecule has 0 aromatic heterocycles. The van der Waals surface area contributed by atoms with Gasteiger partial charge in [0.2, 0.25) is 5.91 Å². The molecule has 1 N–H and O–H groups in total. The molecule has 0 saturated heterocycles. The first kappa shape index (κ1) is 23.1. The third-order valence-electron chi connectivity index (χ3n) is 5.22. The number of ether oxygens (including phenoxy) is 2. The molecule has 1 aromatic rings. The predicted molar refractivity (Wildman–Crippen MR) is 122 cm³/mol. The van der Waals surface area contributed by atoms with Crippen molar-refractivity contribution in [3.63, 3.8) is 0 Å². The fraction of sp³-hybridized carbons (Fsp3) is 0.435. The van der Waals surface area contributed by atoms with Crippen LogP contribution >= 0.6 is 11.8 Å². The third kappa shape index (κ3) is 5.37. The summed E-state index contributed by atoms with van der Waals surface area (Å²) < 4.78 is 10.5. The van der Waals surface area contributed by atoms with Crippen molar-refractivity contribution in [3.8, 4) is 0 Å². The first-order valence-corrected chi connectivity index (χ1v) is 11.3. The number of allylic oxidation sites excluding steroid dienone is 1. The summed E-state index contributed by atoms with van der Waals surface area (Å²) in [5.41, 5.74) is 2.84. The first-order chi connectivity index (χ1) is 15.0. The first-order valence-electron chi connectivity index (χ1n) is 10.4. The summed E-state index contributed by atoms with van der Waals surface area (Å²) in [6.07, 6.45) is 1.08. The van der Waals surface area contributed by atoms with E-state index in [-0.39, 0.29) is 25.0 Å². The van der Waals surface area contributed by atoms with Crippen LogP contribution < -0.4 is 5.32 Å². The second kappa shape index (κ2) is 10.6. The number of hydrogen-bond donors (Lipinski definition) is 1. The molecule has 0 radical (unpaired) electrons. The lowest BCUT2D eigenvalue weighted by Crippen LogP contribution is -2.39. The smallest absolute Gasteiger partial charge is 0.338 e. The summed E-state index contributed by atoms with van der Waals surface area (Å²) in [6.45, 7) is 6.32. The molecule has 7 nitrogen and oxygen atoms in total. The molecule has 0 spiro atoms. The van der Waals surface area contributed by atoms with Crippen LogP contribution in [0.25, 0.3) is 0 Å². The van der Waals surface area contributed by atoms with Crippen molar-refractivity contribution in [3.05, 3.63) is 58.3 Å². The zero-order valence-electron chi connectivity index (χ0n) is 18.4. The SMILES string of the molecule is CCC(C)NC(=O)CC1=CSC2=NC(C)=C(C(=O)OCCOC)C(c3ccccc3)N12. The maximum absolute atomic E-state index is 13.0. The molecule has 0 saturated carbocycles. The highest BCUT2D eigenvalue weighted by molar-refractivity contribution is 8.16. The number of nitrogens with one attached hydrogen (secondary N) is 1. The standard InChI is InChI=1S/C23H29N3O4S/c1-5-15(2)24-19(27)13-18-14-31-23-25-16(3)20(22(28)30-12-11-29-4)21(26(18)23)17-9-7-6-8-10-17/h6-10,14-15,21H,5,11-13H2,1-4H3,(H,24,27). The molecule has 2 atom stereocenters. The van der Waals surface area contributed by atoms with E-state index in [0.29, 0.717) is 17.9 Å². The molecule has 1 amide bonds. The number of hydrogen-bond acceptors (Lipinski definition) is 7. The average molecular weight is 444 g/mol. The second-order valence-electron chi connectivity index (χ2n) is 7.49. The van der Waals surface area contributed by atoms with E-state index in [1.165, 1.54) is 11.8 Å². The molecule has 0 fully saturated rings. The molecule has 3 rings (SSSR count). The fourth-order valence-corrected chi connectivity index (χ4v) is 4.43. The fourth-order valence-electron chi connectivity index (χ4n) is 3.47. The van der Waals surface area contributed by atoms with Gasteiger partial charge in [0.15, 0.2) is 5.17 Å². The van der Waals surface area contributed by atoms with Crippen molar-refractivity contribution in [2.45, 2.75) is 45.7 Å². The number of esters is 1. The van der Waals surface area contributed by atoms with Crippen molar-refractivity contribution in [1.82, 2.24) is 10.2 Å². The summed E-state index contributed by atoms with van der Waals surface area (Å²) in [7, 11) is 1.56. The quantitative estimate of drug-likeness (QED) is 0.462. The average Bonchev–Trinajstić information content (AvgIpc) is 3.15. The van der Waals surface area contributed by atoms with Gasteiger partial charge in [0.25, 0.3) is 0 Å². The molecule has 0 bridgehead atoms. The summed E-state index contributed by atoms with van der Waals surface area (Å²) in [5.74, 6) is -0.476. The molecule has 0 aliphatic carbocycles. The minimum Gasteiger partial charge on any atom is -0.460 e. The Labute approximate surface area is 187 Å². The summed E-state index contributed by atoms with van der Waals surface area (Å²) in [5, 5.41) is 5.71. The lowest BCUT2D eigenvalue weighted by Gasteiger charge is -2.36. The number of thioether (sulfide) groups is 1. The van der Waals surface area contributed by atoms with E-state index in [0.717, 1.165) is 22.8 Å². The Kier molecular flexibility index (Phi) is 7.92. The van der Waals surface area contributed by atoms with Gasteiger partial charge in [-0.25, -0.2) is 9.79 Å². The number of amidine groups is 1. The summed E-state index contributed by atoms with van der Waals surface area (Å²) in [4.78, 5) is 32.3. The number of carbonyl (C=O) groups is 2. The van der Waals surface area contributed by atoms with Gasteiger partial charge in [0, 0.05) is 18.8 Å². The highest BCUT2D eigenvalue weighted by Crippen LogP contribution is 2.44. The van der Waals surface area contributed by atoms with Crippen molar-refractivity contribution >= 4 is 28.8 Å². The van der Waals surface area contributed by atoms with Gasteiger partial charge in [0.1, 0.15) is 6.61 Å². The monoisotopic (exact) mass is 443 g/mol. The highest BCUT2D eigenvalue weighted by atomic mass is 32.2. The van der Waals surface area contributed by atoms with Crippen molar-refractivity contribution < 1.29 is 19.1 Å². The van der Waals surface area contributed by atoms with E-state index in [2.05, 4.69) is 10.3 Å². The molecule has 166 valence electrons. The topological polar surface area (TPSA) is 80.2 Å². The normalized spacial score (nSPS) is 18.8. The zero-order valence-corrected chi connectivity index (χ0v) is 19.2. The molecular weight excluding hydrogens is 414 g/mol. The zero-order chi connectivity index (χ0) is 22.4. The molecule has 31 heavy (non-hydrogen) atoms. The van der Waals surface area contributed by atoms with Gasteiger partial charge in [0.05, 0.1) is 30.3 Å². The third-order valence-corrected chi connectivity index (χ3v) is 6.11. The number of rotatable bonds is 9. The lowest BCUT2D eigenvalue weighted by atomic mass is 9.94. The van der Waals surface area contributed by atoms with Crippen LogP contribution in [0, 0.1) is 0 Å². The van der Waals surface area contributed by atoms with Gasteiger partial charge >= 0.3 is 5.97 Å². The maximum atomic E-state index is 13.0. The van der Waals surface area contributed by atoms with Crippen LogP contribution in [-0.2, 0) is 19.1 Å². The Morgan fingerprint density at radius 2 is 2.00 bits per heavy atom. The van der Waals surface area contributed by atoms with Gasteiger partial charge in [-0.1, -0.05) is 49.0 Å². The number of amides is 1. The minimum absolute atomic E-state index is 0.0512. The van der Waals surface area contributed by atoms with E-state index in [1.807, 2.05) is 61.4 Å². The van der Waals surface area contributed by atoms with Gasteiger partial charge in [-0.2, -0.15) is 0 Å². The van der Waals surface area contributed by atoms with Crippen LogP contribution in [0.5, 0.6) is 0 Å². The number of methoxy groups -OCH3 is 1. The van der Waals surface area contributed by atoms with Crippen molar-refractivity contribution in [2.75, 3.05) is 20.3 Å². The lowest BCUT2D eigenvalue weighted by molar-refractivity contribution is -0.141. The van der Waals surface area contributed by atoms with E-state index in [9.17, 15) is 9.59 Å². The highest BCUT2D eigenvalue weighted by Gasteiger charge is 2.41. The molecule has 8 heteroatoms. The Morgan fingerprint density at radius 3 is 2.68 bits per heavy atom. The Balaban J connectivity index is 1.93. The Bertz CT molecular complexity index is 911. The Morgan fingerprint density at radius 1 is 1.26 bits per heavy atom. The van der Waals surface area contributed by atoms with Gasteiger partial charge < -0.3 is 19.7 Å². The van der Waals surface area contributed by atoms with Crippen LogP contribution in [0.4, 0.5) is 0 Å². The number of nitrogens with zero attached hydrogens (tertiary/aromatic N) is 2. The van der Waals surface area contributed by atoms with Crippen LogP contribution in [0.1, 0.15) is 45.2 Å². The molecule has 1 aromatic carbocycles. The molecule has 2 unspecified atom stereocenters. The second-order valence-corrected chi connectivity index (χ2v) is 8.32. The summed E-state index contributed by atoms with van der Waals surface area (Å²) in [6, 6.07) is 9.45. The van der Waals surface area contributed by atoms with Crippen LogP contribution in [0.15, 0.2) is 57.7 Å². The predicted octanol–water partition coefficient (Wildman–Crippen LogP) is 3.76. The van der Waals surface area contributed by atoms with Crippen LogP contribution in [-0.4, -0.2) is 48.3 Å². The maximum Gasteiger partial charge on any atom is 0.338 e. The van der Waals surface area contributed by atoms with Gasteiger partial charge in [-0.05, 0) is 31.2 Å². The van der Waals surface area contributed by atoms with E-state index < -0.39 is 12.0 Å². The Hall–Kier alpha value is -2.58. The van der Waals surface area contributed by atoms with Crippen LogP contribution in [0.2, 0.25) is 0 Å². The minimum atomic E-state index is -0.425. The van der Waals surface area contributed by atoms with E-state index in [1.54, 1.807) is 7.11 Å². The largest absolute Gasteiger partial charge is 0.460 e. The van der Waals surface area contributed by atoms with Crippen LogP contribution in [0.3, 0.4) is 0 Å². The molecule has 2 heterocycles.